The van der Waals surface area contributed by atoms with Crippen molar-refractivity contribution in [1.82, 2.24) is 10.3 Å². The number of aromatic nitrogens is 1. The molecular formula is C17H23N3OS. The van der Waals surface area contributed by atoms with E-state index >= 15 is 0 Å². The van der Waals surface area contributed by atoms with Crippen LogP contribution in [0.25, 0.3) is 0 Å². The van der Waals surface area contributed by atoms with Crippen LogP contribution in [0.5, 0.6) is 0 Å². The van der Waals surface area contributed by atoms with E-state index in [1.807, 2.05) is 37.4 Å². The fourth-order valence-corrected chi connectivity index (χ4v) is 2.88. The molecule has 0 bridgehead atoms. The summed E-state index contributed by atoms with van der Waals surface area (Å²) in [5.74, 6) is 0.0378. The van der Waals surface area contributed by atoms with Gasteiger partial charge < -0.3 is 10.6 Å². The third-order valence-electron chi connectivity index (χ3n) is 3.50. The molecule has 22 heavy (non-hydrogen) atoms. The molecule has 1 amide bonds. The summed E-state index contributed by atoms with van der Waals surface area (Å²) in [5, 5.41) is 7.55. The molecule has 4 nitrogen and oxygen atoms in total. The molecule has 1 aromatic carbocycles. The lowest BCUT2D eigenvalue weighted by Crippen LogP contribution is -2.17. The predicted octanol–water partition coefficient (Wildman–Crippen LogP) is 3.90. The van der Waals surface area contributed by atoms with Gasteiger partial charge in [-0.2, -0.15) is 0 Å². The summed E-state index contributed by atoms with van der Waals surface area (Å²) in [6.07, 6.45) is 3.44. The van der Waals surface area contributed by atoms with Crippen molar-refractivity contribution in [3.05, 3.63) is 45.9 Å². The van der Waals surface area contributed by atoms with Crippen LogP contribution >= 0.6 is 11.3 Å². The minimum atomic E-state index is 0.0378. The van der Waals surface area contributed by atoms with E-state index in [2.05, 4.69) is 29.5 Å². The summed E-state index contributed by atoms with van der Waals surface area (Å²) in [7, 11) is 0. The quantitative estimate of drug-likeness (QED) is 0.814. The van der Waals surface area contributed by atoms with Crippen molar-refractivity contribution in [3.63, 3.8) is 0 Å². The van der Waals surface area contributed by atoms with Crippen molar-refractivity contribution in [1.29, 1.82) is 0 Å². The van der Waals surface area contributed by atoms with E-state index in [4.69, 9.17) is 0 Å². The van der Waals surface area contributed by atoms with Crippen molar-refractivity contribution in [3.8, 4) is 0 Å². The molecule has 0 saturated heterocycles. The van der Waals surface area contributed by atoms with Crippen LogP contribution in [0, 0.1) is 0 Å². The maximum Gasteiger partial charge on any atom is 0.224 e. The summed E-state index contributed by atoms with van der Waals surface area (Å²) in [6, 6.07) is 8.25. The molecule has 2 N–H and O–H groups in total. The lowest BCUT2D eigenvalue weighted by molar-refractivity contribution is -0.115. The molecule has 0 radical (unpaired) electrons. The van der Waals surface area contributed by atoms with Gasteiger partial charge >= 0.3 is 0 Å². The number of nitrogens with zero attached hydrogens (tertiary/aromatic N) is 1. The molecule has 2 aromatic rings. The van der Waals surface area contributed by atoms with Crippen LogP contribution in [-0.2, 0) is 17.8 Å². The fraction of sp³-hybridized carbons (Fsp3) is 0.412. The zero-order chi connectivity index (χ0) is 15.9. The monoisotopic (exact) mass is 317 g/mol. The number of aryl methyl sites for hydroxylation is 1. The smallest absolute Gasteiger partial charge is 0.224 e. The van der Waals surface area contributed by atoms with Gasteiger partial charge in [-0.25, -0.2) is 4.98 Å². The molecule has 5 heteroatoms. The zero-order valence-corrected chi connectivity index (χ0v) is 14.2. The molecule has 0 aliphatic rings. The SMILES string of the molecule is CCC(=O)Nc1ccc([C@@H](C)NCc2cnc(CC)s2)cc1. The number of benzene rings is 1. The van der Waals surface area contributed by atoms with E-state index in [1.165, 1.54) is 15.4 Å². The lowest BCUT2D eigenvalue weighted by Gasteiger charge is -2.14. The number of hydrogen-bond acceptors (Lipinski definition) is 4. The highest BCUT2D eigenvalue weighted by Gasteiger charge is 2.07. The van der Waals surface area contributed by atoms with Crippen molar-refractivity contribution in [2.45, 2.75) is 46.2 Å². The van der Waals surface area contributed by atoms with E-state index in [0.717, 1.165) is 18.7 Å². The molecule has 1 atom stereocenters. The molecule has 0 fully saturated rings. The number of carbonyl (C=O) groups excluding carboxylic acids is 1. The molecule has 0 spiro atoms. The normalized spacial score (nSPS) is 12.1. The number of thiazole rings is 1. The van der Waals surface area contributed by atoms with E-state index in [9.17, 15) is 4.79 Å². The summed E-state index contributed by atoms with van der Waals surface area (Å²) >= 11 is 1.76. The van der Waals surface area contributed by atoms with Gasteiger partial charge in [-0.15, -0.1) is 11.3 Å². The Kier molecular flexibility index (Phi) is 6.10. The second-order valence-corrected chi connectivity index (χ2v) is 6.40. The Morgan fingerprint density at radius 3 is 2.59 bits per heavy atom. The van der Waals surface area contributed by atoms with Crippen LogP contribution in [0.15, 0.2) is 30.5 Å². The second-order valence-electron chi connectivity index (χ2n) is 5.20. The van der Waals surface area contributed by atoms with Crippen LogP contribution < -0.4 is 10.6 Å². The number of carbonyl (C=O) groups is 1. The van der Waals surface area contributed by atoms with Crippen LogP contribution in [0.3, 0.4) is 0 Å². The first-order valence-corrected chi connectivity index (χ1v) is 8.50. The van der Waals surface area contributed by atoms with Crippen LogP contribution in [0.2, 0.25) is 0 Å². The Labute approximate surface area is 136 Å². The van der Waals surface area contributed by atoms with Crippen LogP contribution in [0.1, 0.15) is 48.7 Å². The predicted molar refractivity (Wildman–Crippen MR) is 92.1 cm³/mol. The summed E-state index contributed by atoms with van der Waals surface area (Å²) in [5.41, 5.74) is 2.05. The van der Waals surface area contributed by atoms with E-state index in [0.29, 0.717) is 6.42 Å². The van der Waals surface area contributed by atoms with Gasteiger partial charge in [0.2, 0.25) is 5.91 Å². The Morgan fingerprint density at radius 1 is 1.27 bits per heavy atom. The van der Waals surface area contributed by atoms with Gasteiger partial charge in [0.1, 0.15) is 0 Å². The third-order valence-corrected chi connectivity index (χ3v) is 4.64. The minimum absolute atomic E-state index is 0.0378. The highest BCUT2D eigenvalue weighted by atomic mass is 32.1. The van der Waals surface area contributed by atoms with Crippen molar-refractivity contribution < 1.29 is 4.79 Å². The summed E-state index contributed by atoms with van der Waals surface area (Å²) < 4.78 is 0. The van der Waals surface area contributed by atoms with Gasteiger partial charge in [0.05, 0.1) is 5.01 Å². The van der Waals surface area contributed by atoms with Crippen LogP contribution in [-0.4, -0.2) is 10.9 Å². The van der Waals surface area contributed by atoms with Gasteiger partial charge in [-0.05, 0) is 31.0 Å². The van der Waals surface area contributed by atoms with Gasteiger partial charge in [0.25, 0.3) is 0 Å². The molecule has 0 aliphatic heterocycles. The largest absolute Gasteiger partial charge is 0.326 e. The number of anilines is 1. The molecule has 0 unspecified atom stereocenters. The number of rotatable bonds is 7. The maximum absolute atomic E-state index is 11.4. The zero-order valence-electron chi connectivity index (χ0n) is 13.3. The molecule has 118 valence electrons. The Balaban J connectivity index is 1.89. The van der Waals surface area contributed by atoms with Gasteiger partial charge in [-0.1, -0.05) is 26.0 Å². The minimum Gasteiger partial charge on any atom is -0.326 e. The maximum atomic E-state index is 11.4. The molecular weight excluding hydrogens is 294 g/mol. The molecule has 1 aromatic heterocycles. The Morgan fingerprint density at radius 2 is 2.00 bits per heavy atom. The molecule has 0 saturated carbocycles. The second kappa shape index (κ2) is 8.06. The standard InChI is InChI=1S/C17H23N3OS/c1-4-16(21)20-14-8-6-13(7-9-14)12(3)18-10-15-11-19-17(5-2)22-15/h6-9,11-12,18H,4-5,10H2,1-3H3,(H,20,21)/t12-/m1/s1. The first-order valence-electron chi connectivity index (χ1n) is 7.69. The van der Waals surface area contributed by atoms with E-state index in [-0.39, 0.29) is 11.9 Å². The van der Waals surface area contributed by atoms with Gasteiger partial charge in [0, 0.05) is 35.8 Å². The lowest BCUT2D eigenvalue weighted by atomic mass is 10.1. The number of amides is 1. The number of nitrogens with one attached hydrogen (secondary N) is 2. The van der Waals surface area contributed by atoms with Gasteiger partial charge in [0.15, 0.2) is 0 Å². The fourth-order valence-electron chi connectivity index (χ4n) is 2.07. The van der Waals surface area contributed by atoms with E-state index in [1.54, 1.807) is 11.3 Å². The van der Waals surface area contributed by atoms with Gasteiger partial charge in [-0.3, -0.25) is 4.79 Å². The first kappa shape index (κ1) is 16.6. The Hall–Kier alpha value is -1.72. The number of hydrogen-bond donors (Lipinski definition) is 2. The topological polar surface area (TPSA) is 54.0 Å². The van der Waals surface area contributed by atoms with Crippen molar-refractivity contribution in [2.24, 2.45) is 0 Å². The molecule has 2 rings (SSSR count). The average Bonchev–Trinajstić information content (AvgIpc) is 3.01. The third kappa shape index (κ3) is 4.64. The van der Waals surface area contributed by atoms with Crippen LogP contribution in [0.4, 0.5) is 5.69 Å². The Bertz CT molecular complexity index is 607. The molecule has 0 aliphatic carbocycles. The highest BCUT2D eigenvalue weighted by Crippen LogP contribution is 2.18. The van der Waals surface area contributed by atoms with Crippen molar-refractivity contribution in [2.75, 3.05) is 5.32 Å². The van der Waals surface area contributed by atoms with E-state index < -0.39 is 0 Å². The molecule has 1 heterocycles. The average molecular weight is 317 g/mol. The highest BCUT2D eigenvalue weighted by molar-refractivity contribution is 7.11. The summed E-state index contributed by atoms with van der Waals surface area (Å²) in [4.78, 5) is 17.0. The van der Waals surface area contributed by atoms with Crippen molar-refractivity contribution >= 4 is 22.9 Å². The summed E-state index contributed by atoms with van der Waals surface area (Å²) in [6.45, 7) is 6.94. The first-order chi connectivity index (χ1) is 10.6.